The van der Waals surface area contributed by atoms with Gasteiger partial charge in [0.1, 0.15) is 7.28 Å². The molecule has 105 valence electrons. The molecule has 4 unspecified atom stereocenters. The minimum Gasteiger partial charge on any atom is -0.350 e. The van der Waals surface area contributed by atoms with Gasteiger partial charge in [0.25, 0.3) is 0 Å². The average molecular weight is 261 g/mol. The van der Waals surface area contributed by atoms with Gasteiger partial charge in [-0.25, -0.2) is 0 Å². The lowest BCUT2D eigenvalue weighted by atomic mass is 9.52. The first kappa shape index (κ1) is 12.7. The Morgan fingerprint density at radius 1 is 0.947 bits per heavy atom. The molecule has 0 aromatic rings. The summed E-state index contributed by atoms with van der Waals surface area (Å²) in [6.45, 7) is 4.24. The molecular formula is C16H26BO2. The molecule has 1 spiro atoms. The SMILES string of the molecule is CC1[B]CC(C2COC3(CCC4CC4C3)OC2)CC1. The largest absolute Gasteiger partial charge is 0.350 e. The summed E-state index contributed by atoms with van der Waals surface area (Å²) >= 11 is 0. The summed E-state index contributed by atoms with van der Waals surface area (Å²) < 4.78 is 12.5. The average Bonchev–Trinajstić information content (AvgIpc) is 3.19. The zero-order chi connectivity index (χ0) is 12.9. The number of ether oxygens (including phenoxy) is 2. The molecule has 2 saturated carbocycles. The van der Waals surface area contributed by atoms with Crippen molar-refractivity contribution in [2.75, 3.05) is 13.2 Å². The Kier molecular flexibility index (Phi) is 3.19. The Bertz CT molecular complexity index is 330. The third-order valence-corrected chi connectivity index (χ3v) is 6.16. The highest BCUT2D eigenvalue weighted by molar-refractivity contribution is 6.37. The van der Waals surface area contributed by atoms with Crippen LogP contribution in [-0.2, 0) is 9.47 Å². The molecule has 0 amide bonds. The lowest BCUT2D eigenvalue weighted by Gasteiger charge is -2.45. The van der Waals surface area contributed by atoms with Crippen LogP contribution in [0.2, 0.25) is 12.1 Å². The van der Waals surface area contributed by atoms with Crippen LogP contribution in [0.15, 0.2) is 0 Å². The second-order valence-electron chi connectivity index (χ2n) is 7.58. The second-order valence-corrected chi connectivity index (χ2v) is 7.58. The van der Waals surface area contributed by atoms with E-state index in [9.17, 15) is 0 Å². The van der Waals surface area contributed by atoms with Gasteiger partial charge in [0.05, 0.1) is 13.2 Å². The van der Waals surface area contributed by atoms with Crippen LogP contribution in [0.1, 0.15) is 45.4 Å². The van der Waals surface area contributed by atoms with Gasteiger partial charge in [-0.2, -0.15) is 0 Å². The molecule has 4 fully saturated rings. The minimum absolute atomic E-state index is 0.167. The summed E-state index contributed by atoms with van der Waals surface area (Å²) in [6.07, 6.45) is 9.10. The Morgan fingerprint density at radius 3 is 2.47 bits per heavy atom. The Hall–Kier alpha value is -0.0151. The normalized spacial score (nSPS) is 53.4. The standard InChI is InChI=1S/C16H26BO2/c1-11-2-3-13(8-17-11)15-9-18-16(19-10-15)5-4-12-6-14(12)7-16/h11-15H,2-10H2,1H3. The van der Waals surface area contributed by atoms with E-state index in [1.54, 1.807) is 0 Å². The van der Waals surface area contributed by atoms with Crippen LogP contribution in [0.25, 0.3) is 0 Å². The van der Waals surface area contributed by atoms with E-state index < -0.39 is 0 Å². The highest BCUT2D eigenvalue weighted by Crippen LogP contribution is 2.55. The van der Waals surface area contributed by atoms with Crippen LogP contribution >= 0.6 is 0 Å². The number of hydrogen-bond donors (Lipinski definition) is 0. The van der Waals surface area contributed by atoms with Crippen molar-refractivity contribution in [2.24, 2.45) is 23.7 Å². The van der Waals surface area contributed by atoms with Gasteiger partial charge in [-0.1, -0.05) is 31.9 Å². The summed E-state index contributed by atoms with van der Waals surface area (Å²) in [4.78, 5) is 0. The smallest absolute Gasteiger partial charge is 0.168 e. The number of fused-ring (bicyclic) bond motifs is 1. The van der Waals surface area contributed by atoms with E-state index in [0.29, 0.717) is 5.92 Å². The monoisotopic (exact) mass is 261 g/mol. The molecule has 0 N–H and O–H groups in total. The maximum atomic E-state index is 6.26. The highest BCUT2D eigenvalue weighted by Gasteiger charge is 2.52. The summed E-state index contributed by atoms with van der Waals surface area (Å²) in [6, 6.07) is 0. The van der Waals surface area contributed by atoms with Gasteiger partial charge in [0.15, 0.2) is 5.79 Å². The van der Waals surface area contributed by atoms with Crippen LogP contribution in [0.4, 0.5) is 0 Å². The predicted octanol–water partition coefficient (Wildman–Crippen LogP) is 3.51. The fourth-order valence-corrected chi connectivity index (χ4v) is 4.51. The molecule has 4 atom stereocenters. The van der Waals surface area contributed by atoms with Crippen molar-refractivity contribution in [3.05, 3.63) is 0 Å². The zero-order valence-corrected chi connectivity index (χ0v) is 12.1. The Labute approximate surface area is 117 Å². The van der Waals surface area contributed by atoms with E-state index >= 15 is 0 Å². The first-order chi connectivity index (χ1) is 9.24. The van der Waals surface area contributed by atoms with Crippen molar-refractivity contribution in [1.82, 2.24) is 0 Å². The Balaban J connectivity index is 1.32. The van der Waals surface area contributed by atoms with Crippen LogP contribution in [0.3, 0.4) is 0 Å². The molecule has 0 aromatic heterocycles. The second kappa shape index (κ2) is 4.77. The molecule has 2 nitrogen and oxygen atoms in total. The molecule has 1 radical (unpaired) electrons. The lowest BCUT2D eigenvalue weighted by molar-refractivity contribution is -0.300. The van der Waals surface area contributed by atoms with Gasteiger partial charge in [-0.05, 0) is 30.6 Å². The van der Waals surface area contributed by atoms with E-state index in [2.05, 4.69) is 14.2 Å². The van der Waals surface area contributed by atoms with Gasteiger partial charge in [0.2, 0.25) is 0 Å². The van der Waals surface area contributed by atoms with E-state index in [0.717, 1.165) is 43.2 Å². The van der Waals surface area contributed by atoms with Gasteiger partial charge in [-0.15, -0.1) is 0 Å². The minimum atomic E-state index is -0.167. The molecule has 3 heteroatoms. The predicted molar refractivity (Wildman–Crippen MR) is 76.3 cm³/mol. The first-order valence-electron chi connectivity index (χ1n) is 8.35. The van der Waals surface area contributed by atoms with Crippen molar-refractivity contribution >= 4 is 7.28 Å². The molecule has 19 heavy (non-hydrogen) atoms. The summed E-state index contributed by atoms with van der Waals surface area (Å²) in [5, 5.41) is 0. The number of rotatable bonds is 1. The fraction of sp³-hybridized carbons (Fsp3) is 1.00. The fourth-order valence-electron chi connectivity index (χ4n) is 4.51. The maximum absolute atomic E-state index is 6.26. The third-order valence-electron chi connectivity index (χ3n) is 6.16. The van der Waals surface area contributed by atoms with Gasteiger partial charge in [0, 0.05) is 18.8 Å². The molecule has 2 heterocycles. The van der Waals surface area contributed by atoms with Crippen LogP contribution < -0.4 is 0 Å². The molecular weight excluding hydrogens is 235 g/mol. The molecule has 2 aliphatic heterocycles. The van der Waals surface area contributed by atoms with Gasteiger partial charge < -0.3 is 9.47 Å². The quantitative estimate of drug-likeness (QED) is 0.672. The van der Waals surface area contributed by atoms with Crippen molar-refractivity contribution < 1.29 is 9.47 Å². The van der Waals surface area contributed by atoms with Crippen molar-refractivity contribution in [3.63, 3.8) is 0 Å². The van der Waals surface area contributed by atoms with Gasteiger partial charge in [-0.3, -0.25) is 0 Å². The van der Waals surface area contributed by atoms with Crippen molar-refractivity contribution in [1.29, 1.82) is 0 Å². The van der Waals surface area contributed by atoms with Gasteiger partial charge >= 0.3 is 0 Å². The summed E-state index contributed by atoms with van der Waals surface area (Å²) in [5.41, 5.74) is 0. The van der Waals surface area contributed by atoms with E-state index in [4.69, 9.17) is 9.47 Å². The molecule has 4 aliphatic rings. The highest BCUT2D eigenvalue weighted by atomic mass is 16.7. The molecule has 2 saturated heterocycles. The van der Waals surface area contributed by atoms with Crippen LogP contribution in [0.5, 0.6) is 0 Å². The zero-order valence-electron chi connectivity index (χ0n) is 12.1. The topological polar surface area (TPSA) is 18.5 Å². The van der Waals surface area contributed by atoms with Crippen molar-refractivity contribution in [3.8, 4) is 0 Å². The van der Waals surface area contributed by atoms with E-state index in [1.165, 1.54) is 38.4 Å². The molecule has 4 rings (SSSR count). The molecule has 0 aromatic carbocycles. The molecule has 2 aliphatic carbocycles. The van der Waals surface area contributed by atoms with E-state index in [1.807, 2.05) is 0 Å². The van der Waals surface area contributed by atoms with Crippen LogP contribution in [-0.4, -0.2) is 26.3 Å². The first-order valence-corrected chi connectivity index (χ1v) is 8.35. The number of hydrogen-bond acceptors (Lipinski definition) is 2. The Morgan fingerprint density at radius 2 is 1.79 bits per heavy atom. The maximum Gasteiger partial charge on any atom is 0.168 e. The van der Waals surface area contributed by atoms with Crippen molar-refractivity contribution in [2.45, 2.75) is 63.4 Å². The lowest BCUT2D eigenvalue weighted by Crippen LogP contribution is -2.48. The summed E-state index contributed by atoms with van der Waals surface area (Å²) in [5.74, 6) is 4.05. The summed E-state index contributed by atoms with van der Waals surface area (Å²) in [7, 11) is 2.51. The van der Waals surface area contributed by atoms with E-state index in [-0.39, 0.29) is 5.79 Å². The third kappa shape index (κ3) is 2.49. The van der Waals surface area contributed by atoms with Crippen LogP contribution in [0, 0.1) is 23.7 Å². The molecule has 0 bridgehead atoms.